The van der Waals surface area contributed by atoms with Crippen LogP contribution in [0.2, 0.25) is 0 Å². The molecule has 154 valence electrons. The van der Waals surface area contributed by atoms with E-state index in [2.05, 4.69) is 20.2 Å². The summed E-state index contributed by atoms with van der Waals surface area (Å²) in [5, 5.41) is 19.8. The van der Waals surface area contributed by atoms with Crippen LogP contribution in [0.1, 0.15) is 24.0 Å². The van der Waals surface area contributed by atoms with Crippen molar-refractivity contribution in [1.29, 1.82) is 0 Å². The van der Waals surface area contributed by atoms with Crippen molar-refractivity contribution < 1.29 is 13.9 Å². The van der Waals surface area contributed by atoms with Crippen molar-refractivity contribution in [3.05, 3.63) is 84.2 Å². The van der Waals surface area contributed by atoms with Gasteiger partial charge >= 0.3 is 0 Å². The largest absolute Gasteiger partial charge is 0.382 e. The third-order valence-electron chi connectivity index (χ3n) is 5.35. The molecule has 0 spiro atoms. The van der Waals surface area contributed by atoms with Gasteiger partial charge in [-0.3, -0.25) is 9.67 Å². The first-order valence-corrected chi connectivity index (χ1v) is 9.33. The summed E-state index contributed by atoms with van der Waals surface area (Å²) in [7, 11) is 1.82. The second kappa shape index (κ2) is 7.75. The van der Waals surface area contributed by atoms with Gasteiger partial charge in [0.25, 0.3) is 0 Å². The van der Waals surface area contributed by atoms with E-state index in [0.29, 0.717) is 5.56 Å². The first-order chi connectivity index (χ1) is 14.4. The Kier molecular flexibility index (Phi) is 5.13. The number of rotatable bonds is 6. The fraction of sp³-hybridized carbons (Fsp3) is 0.238. The molecule has 0 unspecified atom stereocenters. The van der Waals surface area contributed by atoms with Gasteiger partial charge in [0.1, 0.15) is 29.9 Å². The van der Waals surface area contributed by atoms with Gasteiger partial charge in [0.2, 0.25) is 0 Å². The summed E-state index contributed by atoms with van der Waals surface area (Å²) in [6.07, 6.45) is 6.09. The smallest absolute Gasteiger partial charge is 0.137 e. The predicted octanol–water partition coefficient (Wildman–Crippen LogP) is 3.04. The van der Waals surface area contributed by atoms with E-state index in [4.69, 9.17) is 0 Å². The summed E-state index contributed by atoms with van der Waals surface area (Å²) >= 11 is 0. The molecule has 0 aliphatic heterocycles. The number of benzene rings is 1. The minimum Gasteiger partial charge on any atom is -0.382 e. The van der Waals surface area contributed by atoms with Gasteiger partial charge in [-0.1, -0.05) is 19.1 Å². The second-order valence-electron chi connectivity index (χ2n) is 7.18. The van der Waals surface area contributed by atoms with Gasteiger partial charge < -0.3 is 5.11 Å². The fourth-order valence-corrected chi connectivity index (χ4v) is 3.57. The van der Waals surface area contributed by atoms with Crippen LogP contribution >= 0.6 is 0 Å². The van der Waals surface area contributed by atoms with E-state index in [-0.39, 0.29) is 12.1 Å². The van der Waals surface area contributed by atoms with Gasteiger partial charge in [-0.05, 0) is 23.8 Å². The van der Waals surface area contributed by atoms with Crippen LogP contribution in [0.15, 0.2) is 61.4 Å². The summed E-state index contributed by atoms with van der Waals surface area (Å²) in [6, 6.07) is 8.64. The normalized spacial score (nSPS) is 14.4. The van der Waals surface area contributed by atoms with E-state index in [1.165, 1.54) is 23.4 Å². The molecule has 9 heteroatoms. The Bertz CT molecular complexity index is 1140. The third kappa shape index (κ3) is 3.59. The lowest BCUT2D eigenvalue weighted by Gasteiger charge is -2.35. The van der Waals surface area contributed by atoms with Gasteiger partial charge in [-0.15, -0.1) is 0 Å². The zero-order valence-corrected chi connectivity index (χ0v) is 16.4. The van der Waals surface area contributed by atoms with Crippen molar-refractivity contribution in [1.82, 2.24) is 29.5 Å². The highest BCUT2D eigenvalue weighted by molar-refractivity contribution is 5.54. The van der Waals surface area contributed by atoms with Crippen molar-refractivity contribution in [2.45, 2.75) is 25.0 Å². The number of hydrogen-bond donors (Lipinski definition) is 1. The van der Waals surface area contributed by atoms with Crippen molar-refractivity contribution in [2.24, 2.45) is 7.05 Å². The molecule has 2 atom stereocenters. The van der Waals surface area contributed by atoms with Crippen molar-refractivity contribution >= 4 is 0 Å². The molecule has 0 bridgehead atoms. The number of pyridine rings is 1. The molecule has 1 aromatic carbocycles. The number of aryl methyl sites for hydroxylation is 1. The first kappa shape index (κ1) is 19.8. The molecule has 30 heavy (non-hydrogen) atoms. The second-order valence-corrected chi connectivity index (χ2v) is 7.18. The van der Waals surface area contributed by atoms with Crippen molar-refractivity contribution in [3.63, 3.8) is 0 Å². The van der Waals surface area contributed by atoms with Crippen LogP contribution < -0.4 is 0 Å². The maximum Gasteiger partial charge on any atom is 0.137 e. The maximum atomic E-state index is 14.7. The van der Waals surface area contributed by atoms with Crippen molar-refractivity contribution in [2.75, 3.05) is 0 Å². The van der Waals surface area contributed by atoms with Crippen LogP contribution in [0.3, 0.4) is 0 Å². The zero-order valence-electron chi connectivity index (χ0n) is 16.4. The molecule has 0 fully saturated rings. The summed E-state index contributed by atoms with van der Waals surface area (Å²) in [6.45, 7) is 1.70. The monoisotopic (exact) mass is 410 g/mol. The molecule has 0 radical (unpaired) electrons. The quantitative estimate of drug-likeness (QED) is 0.528. The van der Waals surface area contributed by atoms with Gasteiger partial charge in [-0.25, -0.2) is 18.4 Å². The van der Waals surface area contributed by atoms with Crippen LogP contribution in [0.4, 0.5) is 8.78 Å². The fourth-order valence-electron chi connectivity index (χ4n) is 3.57. The van der Waals surface area contributed by atoms with E-state index >= 15 is 0 Å². The average molecular weight is 410 g/mol. The predicted molar refractivity (Wildman–Crippen MR) is 105 cm³/mol. The summed E-state index contributed by atoms with van der Waals surface area (Å²) in [5.74, 6) is -2.13. The molecule has 0 saturated carbocycles. The molecule has 1 N–H and O–H groups in total. The molecule has 3 heterocycles. The van der Waals surface area contributed by atoms with Gasteiger partial charge in [0.15, 0.2) is 0 Å². The molecule has 4 rings (SSSR count). The van der Waals surface area contributed by atoms with E-state index < -0.39 is 23.2 Å². The summed E-state index contributed by atoms with van der Waals surface area (Å²) < 4.78 is 31.3. The Balaban J connectivity index is 1.74. The number of aliphatic hydroxyl groups is 1. The first-order valence-electron chi connectivity index (χ1n) is 9.33. The van der Waals surface area contributed by atoms with Crippen LogP contribution in [0.5, 0.6) is 0 Å². The lowest BCUT2D eigenvalue weighted by Crippen LogP contribution is -2.38. The highest BCUT2D eigenvalue weighted by Gasteiger charge is 2.40. The molecule has 4 aromatic rings. The van der Waals surface area contributed by atoms with Gasteiger partial charge in [0, 0.05) is 37.0 Å². The molecule has 3 aromatic heterocycles. The molecular weight excluding hydrogens is 390 g/mol. The number of halogens is 2. The minimum absolute atomic E-state index is 0.0254. The topological polar surface area (TPSA) is 81.6 Å². The van der Waals surface area contributed by atoms with Crippen LogP contribution in [0, 0.1) is 11.6 Å². The number of nitrogens with zero attached hydrogens (tertiary/aromatic N) is 6. The summed E-state index contributed by atoms with van der Waals surface area (Å²) in [4.78, 5) is 8.37. The Hall–Kier alpha value is -3.46. The highest BCUT2D eigenvalue weighted by Crippen LogP contribution is 2.39. The lowest BCUT2D eigenvalue weighted by molar-refractivity contribution is -0.0112. The molecular formula is C21H20F2N6O. The average Bonchev–Trinajstić information content (AvgIpc) is 3.39. The van der Waals surface area contributed by atoms with E-state index in [1.807, 2.05) is 25.2 Å². The Morgan fingerprint density at radius 2 is 1.97 bits per heavy atom. The standard InChI is InChI=1S/C21H20F2N6O/c1-14(15-3-6-19(25-10-15)20-7-8-26-28(20)2)21(30,11-29-13-24-12-27-29)17-5-4-16(22)9-18(17)23/h3-10,12-14,30H,11H2,1-2H3/t14-,21+/m1/s1. The lowest BCUT2D eigenvalue weighted by atomic mass is 9.78. The Morgan fingerprint density at radius 3 is 2.57 bits per heavy atom. The molecule has 0 aliphatic rings. The van der Waals surface area contributed by atoms with E-state index in [1.54, 1.807) is 24.0 Å². The third-order valence-corrected chi connectivity index (χ3v) is 5.35. The Labute approximate surface area is 171 Å². The number of aromatic nitrogens is 6. The highest BCUT2D eigenvalue weighted by atomic mass is 19.1. The Morgan fingerprint density at radius 1 is 1.13 bits per heavy atom. The number of hydrogen-bond acceptors (Lipinski definition) is 5. The van der Waals surface area contributed by atoms with E-state index in [9.17, 15) is 13.9 Å². The van der Waals surface area contributed by atoms with Crippen LogP contribution in [0.25, 0.3) is 11.4 Å². The van der Waals surface area contributed by atoms with Gasteiger partial charge in [0.05, 0.1) is 17.9 Å². The SMILES string of the molecule is C[C@H](c1ccc(-c2ccnn2C)nc1)[C@@](O)(Cn1cncn1)c1ccc(F)cc1F. The maximum absolute atomic E-state index is 14.7. The minimum atomic E-state index is -1.72. The molecule has 0 saturated heterocycles. The molecule has 0 aliphatic carbocycles. The van der Waals surface area contributed by atoms with Crippen LogP contribution in [-0.4, -0.2) is 34.6 Å². The van der Waals surface area contributed by atoms with E-state index in [0.717, 1.165) is 23.5 Å². The molecule has 7 nitrogen and oxygen atoms in total. The van der Waals surface area contributed by atoms with Gasteiger partial charge in [-0.2, -0.15) is 10.2 Å². The summed E-state index contributed by atoms with van der Waals surface area (Å²) in [5.41, 5.74) is 0.506. The molecule has 0 amide bonds. The zero-order chi connectivity index (χ0) is 21.3. The van der Waals surface area contributed by atoms with Crippen LogP contribution in [-0.2, 0) is 19.2 Å². The van der Waals surface area contributed by atoms with Crippen molar-refractivity contribution in [3.8, 4) is 11.4 Å².